The van der Waals surface area contributed by atoms with Gasteiger partial charge in [-0.15, -0.1) is 6.42 Å². The number of aromatic amines is 1. The summed E-state index contributed by atoms with van der Waals surface area (Å²) in [6.45, 7) is 2.25. The van der Waals surface area contributed by atoms with Crippen LogP contribution >= 0.6 is 0 Å². The normalized spacial score (nSPS) is 10.3. The Bertz CT molecular complexity index is 500. The van der Waals surface area contributed by atoms with Crippen LogP contribution < -0.4 is 11.2 Å². The van der Waals surface area contributed by atoms with Crippen LogP contribution in [0.1, 0.15) is 12.5 Å². The number of nitrogens with one attached hydrogen (secondary N) is 1. The van der Waals surface area contributed by atoms with Crippen molar-refractivity contribution in [3.8, 4) is 12.3 Å². The Balaban J connectivity index is 3.26. The van der Waals surface area contributed by atoms with E-state index in [4.69, 9.17) is 6.42 Å². The van der Waals surface area contributed by atoms with Gasteiger partial charge in [0.25, 0.3) is 5.56 Å². The molecular weight excluding hydrogens is 180 g/mol. The highest BCUT2D eigenvalue weighted by Crippen LogP contribution is 1.85. The van der Waals surface area contributed by atoms with Gasteiger partial charge in [-0.3, -0.25) is 14.3 Å². The molecule has 72 valence electrons. The van der Waals surface area contributed by atoms with Crippen molar-refractivity contribution < 1.29 is 0 Å². The number of aromatic nitrogens is 2. The molecule has 4 heteroatoms. The van der Waals surface area contributed by atoms with Crippen molar-refractivity contribution in [1.29, 1.82) is 0 Å². The summed E-state index contributed by atoms with van der Waals surface area (Å²) in [5.41, 5.74) is -0.810. The third-order valence-electron chi connectivity index (χ3n) is 1.70. The molecule has 0 aliphatic carbocycles. The smallest absolute Gasteiger partial charge is 0.296 e. The fourth-order valence-electron chi connectivity index (χ4n) is 0.967. The Morgan fingerprint density at radius 1 is 1.64 bits per heavy atom. The first-order chi connectivity index (χ1) is 6.69. The molecule has 1 rings (SSSR count). The quantitative estimate of drug-likeness (QED) is 0.531. The van der Waals surface area contributed by atoms with Crippen molar-refractivity contribution in [3.05, 3.63) is 44.8 Å². The van der Waals surface area contributed by atoms with Crippen LogP contribution in [-0.4, -0.2) is 9.55 Å². The maximum atomic E-state index is 11.2. The lowest BCUT2D eigenvalue weighted by Gasteiger charge is -2.00. The van der Waals surface area contributed by atoms with E-state index in [1.54, 1.807) is 6.08 Å². The van der Waals surface area contributed by atoms with E-state index in [-0.39, 0.29) is 5.56 Å². The van der Waals surface area contributed by atoms with Gasteiger partial charge in [-0.1, -0.05) is 18.1 Å². The second kappa shape index (κ2) is 4.28. The topological polar surface area (TPSA) is 54.9 Å². The van der Waals surface area contributed by atoms with E-state index in [1.807, 2.05) is 13.0 Å². The summed E-state index contributed by atoms with van der Waals surface area (Å²) in [5.74, 6) is 2.21. The van der Waals surface area contributed by atoms with E-state index in [1.165, 1.54) is 10.8 Å². The molecule has 4 nitrogen and oxygen atoms in total. The Kier molecular flexibility index (Phi) is 3.08. The van der Waals surface area contributed by atoms with Crippen LogP contribution in [0.2, 0.25) is 0 Å². The maximum Gasteiger partial charge on any atom is 0.328 e. The lowest BCUT2D eigenvalue weighted by molar-refractivity contribution is 0.732. The predicted molar refractivity (Wildman–Crippen MR) is 54.1 cm³/mol. The van der Waals surface area contributed by atoms with Gasteiger partial charge in [0, 0.05) is 12.7 Å². The number of allylic oxidation sites excluding steroid dienone is 2. The molecule has 0 aromatic carbocycles. The van der Waals surface area contributed by atoms with Crippen LogP contribution in [-0.2, 0) is 6.54 Å². The van der Waals surface area contributed by atoms with E-state index in [9.17, 15) is 9.59 Å². The largest absolute Gasteiger partial charge is 0.328 e. The van der Waals surface area contributed by atoms with Gasteiger partial charge in [0.05, 0.1) is 0 Å². The molecule has 0 saturated carbocycles. The molecule has 1 N–H and O–H groups in total. The summed E-state index contributed by atoms with van der Waals surface area (Å²) in [5, 5.41) is 0. The van der Waals surface area contributed by atoms with Crippen LogP contribution in [0.4, 0.5) is 0 Å². The average Bonchev–Trinajstić information content (AvgIpc) is 2.17. The van der Waals surface area contributed by atoms with Gasteiger partial charge in [-0.25, -0.2) is 4.79 Å². The van der Waals surface area contributed by atoms with Crippen LogP contribution in [0.25, 0.3) is 0 Å². The third-order valence-corrected chi connectivity index (χ3v) is 1.70. The zero-order chi connectivity index (χ0) is 10.6. The highest BCUT2D eigenvalue weighted by Gasteiger charge is 1.99. The van der Waals surface area contributed by atoms with Crippen molar-refractivity contribution in [2.45, 2.75) is 13.5 Å². The summed E-state index contributed by atoms with van der Waals surface area (Å²) in [7, 11) is 0. The zero-order valence-electron chi connectivity index (χ0n) is 7.78. The maximum absolute atomic E-state index is 11.2. The molecule has 1 aromatic rings. The molecule has 1 heterocycles. The van der Waals surface area contributed by atoms with Gasteiger partial charge in [-0.05, 0) is 6.92 Å². The first-order valence-electron chi connectivity index (χ1n) is 4.10. The molecule has 0 aliphatic rings. The van der Waals surface area contributed by atoms with E-state index < -0.39 is 11.2 Å². The number of rotatable bonds is 2. The molecule has 14 heavy (non-hydrogen) atoms. The Labute approximate surface area is 80.9 Å². The second-order valence-corrected chi connectivity index (χ2v) is 2.67. The zero-order valence-corrected chi connectivity index (χ0v) is 7.78. The molecule has 1 aromatic heterocycles. The molecule has 0 bridgehead atoms. The van der Waals surface area contributed by atoms with E-state index in [2.05, 4.69) is 10.9 Å². The summed E-state index contributed by atoms with van der Waals surface area (Å²) >= 11 is 0. The summed E-state index contributed by atoms with van der Waals surface area (Å²) < 4.78 is 1.34. The number of H-pyrrole nitrogens is 1. The summed E-state index contributed by atoms with van der Waals surface area (Å²) in [4.78, 5) is 24.4. The van der Waals surface area contributed by atoms with Gasteiger partial charge in [-0.2, -0.15) is 0 Å². The number of hydrogen-bond acceptors (Lipinski definition) is 2. The number of hydrogen-bond donors (Lipinski definition) is 1. The summed E-state index contributed by atoms with van der Waals surface area (Å²) in [6.07, 6.45) is 10.1. The monoisotopic (exact) mass is 190 g/mol. The molecule has 0 saturated heterocycles. The number of nitrogens with zero attached hydrogens (tertiary/aromatic N) is 1. The van der Waals surface area contributed by atoms with Crippen LogP contribution in [0, 0.1) is 12.3 Å². The van der Waals surface area contributed by atoms with E-state index >= 15 is 0 Å². The minimum Gasteiger partial charge on any atom is -0.296 e. The first kappa shape index (κ1) is 10.1. The first-order valence-corrected chi connectivity index (χ1v) is 4.10. The molecule has 0 unspecified atom stereocenters. The highest BCUT2D eigenvalue weighted by molar-refractivity contribution is 5.26. The van der Waals surface area contributed by atoms with Crippen LogP contribution in [0.5, 0.6) is 0 Å². The van der Waals surface area contributed by atoms with Crippen LogP contribution in [0.15, 0.2) is 27.9 Å². The number of terminal acetylenes is 1. The van der Waals surface area contributed by atoms with Gasteiger partial charge < -0.3 is 0 Å². The minimum atomic E-state index is -0.519. The van der Waals surface area contributed by atoms with Crippen molar-refractivity contribution in [2.75, 3.05) is 0 Å². The van der Waals surface area contributed by atoms with Crippen molar-refractivity contribution in [3.63, 3.8) is 0 Å². The predicted octanol–water partition coefficient (Wildman–Crippen LogP) is 0.0940. The van der Waals surface area contributed by atoms with Crippen LogP contribution in [0.3, 0.4) is 0 Å². The van der Waals surface area contributed by atoms with Gasteiger partial charge >= 0.3 is 5.69 Å². The van der Waals surface area contributed by atoms with Gasteiger partial charge in [0.2, 0.25) is 0 Å². The average molecular weight is 190 g/mol. The molecule has 0 atom stereocenters. The lowest BCUT2D eigenvalue weighted by Crippen LogP contribution is -2.30. The molecule has 0 aliphatic heterocycles. The van der Waals surface area contributed by atoms with Crippen molar-refractivity contribution in [2.24, 2.45) is 0 Å². The standard InChI is InChI=1S/C10H10N2O2/c1-3-5-6-12-7-8(4-2)9(13)11-10(12)14/h2-3,5,7H,6H2,1H3,(H,11,13,14)/b5-3+. The van der Waals surface area contributed by atoms with Crippen molar-refractivity contribution >= 4 is 0 Å². The molecule has 0 radical (unpaired) electrons. The molecule has 0 fully saturated rings. The van der Waals surface area contributed by atoms with E-state index in [0.29, 0.717) is 6.54 Å². The molecular formula is C10H10N2O2. The second-order valence-electron chi connectivity index (χ2n) is 2.67. The minimum absolute atomic E-state index is 0.161. The summed E-state index contributed by atoms with van der Waals surface area (Å²) in [6, 6.07) is 0. The molecule has 0 spiro atoms. The Morgan fingerprint density at radius 3 is 2.93 bits per heavy atom. The third kappa shape index (κ3) is 2.02. The van der Waals surface area contributed by atoms with Crippen molar-refractivity contribution in [1.82, 2.24) is 9.55 Å². The Hall–Kier alpha value is -2.02. The highest BCUT2D eigenvalue weighted by atomic mass is 16.2. The lowest BCUT2D eigenvalue weighted by atomic mass is 10.3. The SMILES string of the molecule is C#Cc1cn(C/C=C/C)c(=O)[nH]c1=O. The molecule has 0 amide bonds. The fraction of sp³-hybridized carbons (Fsp3) is 0.200. The fourth-order valence-corrected chi connectivity index (χ4v) is 0.967. The Morgan fingerprint density at radius 2 is 2.36 bits per heavy atom. The van der Waals surface area contributed by atoms with Gasteiger partial charge in [0.1, 0.15) is 5.56 Å². The van der Waals surface area contributed by atoms with Gasteiger partial charge in [0.15, 0.2) is 0 Å². The van der Waals surface area contributed by atoms with E-state index in [0.717, 1.165) is 0 Å².